The van der Waals surface area contributed by atoms with Crippen molar-refractivity contribution in [2.45, 2.75) is 6.42 Å². The van der Waals surface area contributed by atoms with E-state index in [2.05, 4.69) is 10.2 Å². The first-order valence-corrected chi connectivity index (χ1v) is 8.59. The molecule has 2 heterocycles. The van der Waals surface area contributed by atoms with Crippen LogP contribution >= 0.6 is 0 Å². The molecular weight excluding hydrogens is 344 g/mol. The predicted molar refractivity (Wildman–Crippen MR) is 99.2 cm³/mol. The minimum atomic E-state index is 0.0480. The number of nitrogens with zero attached hydrogens (tertiary/aromatic N) is 1. The predicted octanol–water partition coefficient (Wildman–Crippen LogP) is 3.64. The van der Waals surface area contributed by atoms with Crippen molar-refractivity contribution in [1.82, 2.24) is 10.2 Å². The van der Waals surface area contributed by atoms with E-state index in [1.165, 1.54) is 0 Å². The molecule has 1 aliphatic carbocycles. The van der Waals surface area contributed by atoms with Crippen LogP contribution in [0.1, 0.15) is 21.6 Å². The highest BCUT2D eigenvalue weighted by Crippen LogP contribution is 2.36. The maximum atomic E-state index is 12.6. The summed E-state index contributed by atoms with van der Waals surface area (Å²) in [5, 5.41) is 7.35. The van der Waals surface area contributed by atoms with Gasteiger partial charge in [-0.05, 0) is 54.1 Å². The fourth-order valence-corrected chi connectivity index (χ4v) is 3.44. The average molecular weight is 360 g/mol. The number of fused-ring (bicyclic) bond motifs is 2. The van der Waals surface area contributed by atoms with Gasteiger partial charge in [0.1, 0.15) is 5.75 Å². The molecule has 0 spiro atoms. The van der Waals surface area contributed by atoms with Crippen molar-refractivity contribution in [3.05, 3.63) is 64.9 Å². The van der Waals surface area contributed by atoms with Crippen LogP contribution in [0.25, 0.3) is 17.3 Å². The summed E-state index contributed by atoms with van der Waals surface area (Å²) >= 11 is 0. The lowest BCUT2D eigenvalue weighted by atomic mass is 10.1. The minimum Gasteiger partial charge on any atom is -0.497 e. The van der Waals surface area contributed by atoms with Gasteiger partial charge in [-0.25, -0.2) is 0 Å². The van der Waals surface area contributed by atoms with Crippen LogP contribution in [-0.2, 0) is 6.42 Å². The number of hydrogen-bond donors (Lipinski definition) is 1. The van der Waals surface area contributed by atoms with E-state index in [9.17, 15) is 4.79 Å². The maximum Gasteiger partial charge on any atom is 0.231 e. The second-order valence-corrected chi connectivity index (χ2v) is 6.48. The van der Waals surface area contributed by atoms with Crippen LogP contribution in [0.2, 0.25) is 0 Å². The second kappa shape index (κ2) is 6.02. The summed E-state index contributed by atoms with van der Waals surface area (Å²) in [7, 11) is 1.62. The molecule has 2 aliphatic rings. The minimum absolute atomic E-state index is 0.0480. The van der Waals surface area contributed by atoms with Gasteiger partial charge in [0.2, 0.25) is 6.79 Å². The molecule has 5 rings (SSSR count). The quantitative estimate of drug-likeness (QED) is 0.722. The molecule has 1 aromatic heterocycles. The second-order valence-electron chi connectivity index (χ2n) is 6.48. The molecule has 134 valence electrons. The summed E-state index contributed by atoms with van der Waals surface area (Å²) in [4.78, 5) is 12.6. The summed E-state index contributed by atoms with van der Waals surface area (Å²) in [6.45, 7) is 0.240. The van der Waals surface area contributed by atoms with E-state index >= 15 is 0 Å². The number of ketones is 1. The van der Waals surface area contributed by atoms with Crippen molar-refractivity contribution in [2.75, 3.05) is 13.9 Å². The van der Waals surface area contributed by atoms with Gasteiger partial charge in [-0.15, -0.1) is 0 Å². The summed E-state index contributed by atoms with van der Waals surface area (Å²) in [6, 6.07) is 13.2. The van der Waals surface area contributed by atoms with Crippen molar-refractivity contribution in [2.24, 2.45) is 0 Å². The highest BCUT2D eigenvalue weighted by Gasteiger charge is 2.25. The first-order valence-electron chi connectivity index (χ1n) is 8.59. The zero-order chi connectivity index (χ0) is 18.4. The maximum absolute atomic E-state index is 12.6. The highest BCUT2D eigenvalue weighted by molar-refractivity contribution is 6.15. The molecule has 1 aliphatic heterocycles. The van der Waals surface area contributed by atoms with Gasteiger partial charge < -0.3 is 14.2 Å². The smallest absolute Gasteiger partial charge is 0.231 e. The first-order chi connectivity index (χ1) is 13.2. The Morgan fingerprint density at radius 2 is 2.00 bits per heavy atom. The molecule has 2 aromatic carbocycles. The van der Waals surface area contributed by atoms with E-state index in [1.54, 1.807) is 7.11 Å². The molecule has 0 radical (unpaired) electrons. The Morgan fingerprint density at radius 1 is 1.11 bits per heavy atom. The largest absolute Gasteiger partial charge is 0.497 e. The van der Waals surface area contributed by atoms with Crippen molar-refractivity contribution in [3.63, 3.8) is 0 Å². The lowest BCUT2D eigenvalue weighted by Gasteiger charge is -2.01. The first kappa shape index (κ1) is 15.7. The van der Waals surface area contributed by atoms with Crippen LogP contribution in [0.15, 0.2) is 48.0 Å². The molecule has 1 N–H and O–H groups in total. The van der Waals surface area contributed by atoms with Crippen LogP contribution in [0.3, 0.4) is 0 Å². The number of H-pyrrole nitrogens is 1. The van der Waals surface area contributed by atoms with Crippen molar-refractivity contribution in [3.8, 4) is 28.5 Å². The molecule has 0 atom stereocenters. The number of methoxy groups -OCH3 is 1. The van der Waals surface area contributed by atoms with Crippen LogP contribution in [0.5, 0.6) is 17.2 Å². The van der Waals surface area contributed by atoms with E-state index < -0.39 is 0 Å². The van der Waals surface area contributed by atoms with E-state index in [1.807, 2.05) is 48.5 Å². The standard InChI is InChI=1S/C21H16N2O4/c1-25-16-3-4-17-13(8-16)6-14(21(17)24)7-15-10-18(23-22-15)12-2-5-19-20(9-12)27-11-26-19/h2-5,7-10H,6,11H2,1H3,(H,22,23). The molecule has 0 unspecified atom stereocenters. The monoisotopic (exact) mass is 360 g/mol. The Bertz CT molecular complexity index is 1100. The zero-order valence-electron chi connectivity index (χ0n) is 14.6. The molecule has 0 saturated carbocycles. The Balaban J connectivity index is 1.43. The molecule has 0 saturated heterocycles. The van der Waals surface area contributed by atoms with Gasteiger partial charge in [0.25, 0.3) is 0 Å². The number of hydrogen-bond acceptors (Lipinski definition) is 5. The van der Waals surface area contributed by atoms with Gasteiger partial charge in [0.05, 0.1) is 18.5 Å². The number of benzene rings is 2. The number of aromatic nitrogens is 2. The normalized spacial score (nSPS) is 16.0. The van der Waals surface area contributed by atoms with Crippen molar-refractivity contribution in [1.29, 1.82) is 0 Å². The molecule has 6 heteroatoms. The number of allylic oxidation sites excluding steroid dienone is 1. The number of aromatic amines is 1. The number of ether oxygens (including phenoxy) is 3. The molecule has 27 heavy (non-hydrogen) atoms. The molecular formula is C21H16N2O4. The van der Waals surface area contributed by atoms with Crippen LogP contribution < -0.4 is 14.2 Å². The number of Topliss-reactive ketones (excluding diaryl/α,β-unsaturated/α-hetero) is 1. The Hall–Kier alpha value is -3.54. The molecule has 0 bridgehead atoms. The third-order valence-electron chi connectivity index (χ3n) is 4.83. The van der Waals surface area contributed by atoms with Gasteiger partial charge in [0, 0.05) is 23.1 Å². The number of rotatable bonds is 3. The SMILES string of the molecule is COc1ccc2c(c1)CC(=Cc1cc(-c3ccc4c(c3)OCO4)n[nH]1)C2=O. The Morgan fingerprint density at radius 3 is 2.89 bits per heavy atom. The number of carbonyl (C=O) groups is 1. The van der Waals surface area contributed by atoms with Gasteiger partial charge >= 0.3 is 0 Å². The molecule has 0 fully saturated rings. The fourth-order valence-electron chi connectivity index (χ4n) is 3.44. The van der Waals surface area contributed by atoms with Gasteiger partial charge in [-0.1, -0.05) is 0 Å². The van der Waals surface area contributed by atoms with Crippen molar-refractivity contribution >= 4 is 11.9 Å². The molecule has 6 nitrogen and oxygen atoms in total. The fraction of sp³-hybridized carbons (Fsp3) is 0.143. The van der Waals surface area contributed by atoms with E-state index in [4.69, 9.17) is 14.2 Å². The van der Waals surface area contributed by atoms with Gasteiger partial charge in [0.15, 0.2) is 17.3 Å². The molecule has 0 amide bonds. The van der Waals surface area contributed by atoms with Gasteiger partial charge in [-0.2, -0.15) is 5.10 Å². The third-order valence-corrected chi connectivity index (χ3v) is 4.83. The third kappa shape index (κ3) is 2.66. The van der Waals surface area contributed by atoms with E-state index in [0.717, 1.165) is 45.2 Å². The zero-order valence-corrected chi connectivity index (χ0v) is 14.6. The number of carbonyl (C=O) groups excluding carboxylic acids is 1. The summed E-state index contributed by atoms with van der Waals surface area (Å²) in [6.07, 6.45) is 2.45. The Labute approximate surface area is 155 Å². The number of nitrogens with one attached hydrogen (secondary N) is 1. The van der Waals surface area contributed by atoms with Crippen LogP contribution in [0, 0.1) is 0 Å². The van der Waals surface area contributed by atoms with Crippen molar-refractivity contribution < 1.29 is 19.0 Å². The van der Waals surface area contributed by atoms with Crippen LogP contribution in [-0.4, -0.2) is 29.9 Å². The Kier molecular flexibility index (Phi) is 3.50. The average Bonchev–Trinajstić information content (AvgIpc) is 3.41. The molecule has 3 aromatic rings. The van der Waals surface area contributed by atoms with Crippen LogP contribution in [0.4, 0.5) is 0 Å². The van der Waals surface area contributed by atoms with E-state index in [-0.39, 0.29) is 12.6 Å². The lowest BCUT2D eigenvalue weighted by Crippen LogP contribution is -1.95. The van der Waals surface area contributed by atoms with E-state index in [0.29, 0.717) is 12.2 Å². The summed E-state index contributed by atoms with van der Waals surface area (Å²) in [5.41, 5.74) is 4.94. The lowest BCUT2D eigenvalue weighted by molar-refractivity contribution is 0.104. The van der Waals surface area contributed by atoms with Gasteiger partial charge in [-0.3, -0.25) is 9.89 Å². The summed E-state index contributed by atoms with van der Waals surface area (Å²) in [5.74, 6) is 2.26. The topological polar surface area (TPSA) is 73.4 Å². The highest BCUT2D eigenvalue weighted by atomic mass is 16.7. The summed E-state index contributed by atoms with van der Waals surface area (Å²) < 4.78 is 16.0.